The Labute approximate surface area is 275 Å². The molecule has 1 aliphatic rings. The Kier molecular flexibility index (Phi) is 14.6. The Morgan fingerprint density at radius 1 is 1.00 bits per heavy atom. The van der Waals surface area contributed by atoms with E-state index in [1.165, 1.54) is 14.0 Å². The van der Waals surface area contributed by atoms with Gasteiger partial charge in [-0.1, -0.05) is 32.0 Å². The van der Waals surface area contributed by atoms with Crippen molar-refractivity contribution in [3.05, 3.63) is 35.9 Å². The Hall–Kier alpha value is -2.12. The Morgan fingerprint density at radius 2 is 1.59 bits per heavy atom. The van der Waals surface area contributed by atoms with E-state index in [0.29, 0.717) is 12.0 Å². The van der Waals surface area contributed by atoms with E-state index in [0.717, 1.165) is 0 Å². The van der Waals surface area contributed by atoms with E-state index in [4.69, 9.17) is 23.7 Å². The lowest BCUT2D eigenvalue weighted by atomic mass is 9.76. The molecule has 46 heavy (non-hydrogen) atoms. The van der Waals surface area contributed by atoms with Gasteiger partial charge in [0.25, 0.3) is 0 Å². The van der Waals surface area contributed by atoms with E-state index in [1.54, 1.807) is 72.7 Å². The van der Waals surface area contributed by atoms with Crippen LogP contribution in [0.15, 0.2) is 30.3 Å². The lowest BCUT2D eigenvalue weighted by Crippen LogP contribution is -2.60. The molecule has 1 aromatic carbocycles. The zero-order valence-electron chi connectivity index (χ0n) is 29.8. The molecule has 0 aliphatic carbocycles. The van der Waals surface area contributed by atoms with Crippen molar-refractivity contribution in [3.63, 3.8) is 0 Å². The quantitative estimate of drug-likeness (QED) is 0.238. The number of carbonyl (C=O) groups is 2. The van der Waals surface area contributed by atoms with Gasteiger partial charge in [-0.2, -0.15) is 0 Å². The van der Waals surface area contributed by atoms with Crippen molar-refractivity contribution in [2.24, 2.45) is 17.8 Å². The van der Waals surface area contributed by atoms with Crippen molar-refractivity contribution in [3.8, 4) is 0 Å². The zero-order chi connectivity index (χ0) is 35.1. The monoisotopic (exact) mass is 653 g/mol. The molecule has 0 radical (unpaired) electrons. The number of methoxy groups -OCH3 is 1. The first-order valence-corrected chi connectivity index (χ1v) is 16.3. The van der Waals surface area contributed by atoms with Crippen LogP contribution in [0, 0.1) is 17.8 Å². The first-order chi connectivity index (χ1) is 21.2. The van der Waals surface area contributed by atoms with Gasteiger partial charge >= 0.3 is 11.9 Å². The molecule has 1 heterocycles. The smallest absolute Gasteiger partial charge is 0.338 e. The van der Waals surface area contributed by atoms with Gasteiger partial charge in [-0.3, -0.25) is 4.79 Å². The first-order valence-electron chi connectivity index (χ1n) is 16.3. The second kappa shape index (κ2) is 16.8. The van der Waals surface area contributed by atoms with Crippen LogP contribution in [0.5, 0.6) is 0 Å². The molecule has 12 atom stereocenters. The van der Waals surface area contributed by atoms with Crippen molar-refractivity contribution < 1.29 is 48.6 Å². The van der Waals surface area contributed by atoms with E-state index in [2.05, 4.69) is 0 Å². The number of hydrogen-bond acceptors (Lipinski definition) is 11. The summed E-state index contributed by atoms with van der Waals surface area (Å²) in [7, 11) is 5.30. The predicted molar refractivity (Wildman–Crippen MR) is 174 cm³/mol. The summed E-state index contributed by atoms with van der Waals surface area (Å²) in [5.41, 5.74) is -1.54. The molecule has 264 valence electrons. The molecule has 1 saturated heterocycles. The fraction of sp³-hybridized carbons (Fsp3) is 0.771. The fourth-order valence-electron chi connectivity index (χ4n) is 6.22. The van der Waals surface area contributed by atoms with Crippen LogP contribution < -0.4 is 0 Å². The average molecular weight is 654 g/mol. The largest absolute Gasteiger partial charge is 0.460 e. The van der Waals surface area contributed by atoms with Crippen molar-refractivity contribution in [2.75, 3.05) is 21.2 Å². The molecule has 3 N–H and O–H groups in total. The van der Waals surface area contributed by atoms with Gasteiger partial charge in [0.15, 0.2) is 12.4 Å². The van der Waals surface area contributed by atoms with Gasteiger partial charge in [-0.25, -0.2) is 4.79 Å². The van der Waals surface area contributed by atoms with Crippen molar-refractivity contribution in [1.82, 2.24) is 4.90 Å². The van der Waals surface area contributed by atoms with Crippen LogP contribution in [0.25, 0.3) is 0 Å². The van der Waals surface area contributed by atoms with Crippen LogP contribution in [0.2, 0.25) is 0 Å². The van der Waals surface area contributed by atoms with Gasteiger partial charge in [0.2, 0.25) is 0 Å². The Bertz CT molecular complexity index is 1090. The van der Waals surface area contributed by atoms with Gasteiger partial charge in [0, 0.05) is 13.0 Å². The third kappa shape index (κ3) is 10.7. The van der Waals surface area contributed by atoms with E-state index >= 15 is 0 Å². The molecule has 11 heteroatoms. The summed E-state index contributed by atoms with van der Waals surface area (Å²) in [5.74, 6) is -3.21. The summed E-state index contributed by atoms with van der Waals surface area (Å²) >= 11 is 0. The summed E-state index contributed by atoms with van der Waals surface area (Å²) in [4.78, 5) is 28.3. The minimum Gasteiger partial charge on any atom is -0.460 e. The predicted octanol–water partition coefficient (Wildman–Crippen LogP) is 3.81. The molecule has 0 aromatic heterocycles. The number of carbonyl (C=O) groups excluding carboxylic acids is 2. The molecule has 0 amide bonds. The molecular formula is C35H59NO10. The minimum absolute atomic E-state index is 0.214. The van der Waals surface area contributed by atoms with Crippen LogP contribution in [-0.2, 0) is 28.5 Å². The molecule has 1 aliphatic heterocycles. The maximum Gasteiger partial charge on any atom is 0.338 e. The van der Waals surface area contributed by atoms with Crippen LogP contribution in [0.4, 0.5) is 0 Å². The molecule has 2 unspecified atom stereocenters. The number of nitrogens with zero attached hydrogens (tertiary/aromatic N) is 1. The van der Waals surface area contributed by atoms with Gasteiger partial charge in [-0.15, -0.1) is 0 Å². The highest BCUT2D eigenvalue weighted by Crippen LogP contribution is 2.38. The number of ether oxygens (including phenoxy) is 5. The lowest BCUT2D eigenvalue weighted by molar-refractivity contribution is -0.301. The van der Waals surface area contributed by atoms with Crippen LogP contribution in [-0.4, -0.2) is 114 Å². The minimum atomic E-state index is -1.23. The Morgan fingerprint density at radius 3 is 2.09 bits per heavy atom. The number of benzene rings is 1. The van der Waals surface area contributed by atoms with Gasteiger partial charge in [0.1, 0.15) is 5.60 Å². The number of rotatable bonds is 15. The third-order valence-electron chi connectivity index (χ3n) is 8.96. The number of esters is 2. The molecule has 1 aromatic rings. The lowest BCUT2D eigenvalue weighted by Gasteiger charge is -2.48. The van der Waals surface area contributed by atoms with Crippen molar-refractivity contribution in [2.45, 2.75) is 135 Å². The van der Waals surface area contributed by atoms with Gasteiger partial charge in [0.05, 0.1) is 53.6 Å². The zero-order valence-corrected chi connectivity index (χ0v) is 29.8. The first kappa shape index (κ1) is 40.1. The fourth-order valence-corrected chi connectivity index (χ4v) is 6.22. The van der Waals surface area contributed by atoms with Gasteiger partial charge < -0.3 is 43.9 Å². The number of hydrogen-bond donors (Lipinski definition) is 3. The maximum atomic E-state index is 13.3. The Balaban J connectivity index is 2.58. The highest BCUT2D eigenvalue weighted by molar-refractivity contribution is 5.89. The summed E-state index contributed by atoms with van der Waals surface area (Å²) < 4.78 is 30.9. The molecule has 2 rings (SSSR count). The SMILES string of the molecule is CO[C@](C)(C[C@@H](C)[C@H](O)C(C)O)[C@H](OC1O[C@H](C)C[C@H](N(C)C)[C@H]1OC(=O)c1ccccc1)[C@@H](C)[C@H](O)[C@@H](C)C(=O)OC(C)(C)C. The number of likely N-dealkylation sites (N-methyl/N-ethyl adjacent to an activating group) is 1. The number of aliphatic hydroxyl groups excluding tert-OH is 3. The molecule has 11 nitrogen and oxygen atoms in total. The van der Waals surface area contributed by atoms with Crippen molar-refractivity contribution in [1.29, 1.82) is 0 Å². The highest BCUT2D eigenvalue weighted by Gasteiger charge is 2.50. The van der Waals surface area contributed by atoms with E-state index < -0.39 is 77.7 Å². The summed E-state index contributed by atoms with van der Waals surface area (Å²) in [6.07, 6.45) is -5.66. The van der Waals surface area contributed by atoms with Crippen LogP contribution >= 0.6 is 0 Å². The second-order valence-electron chi connectivity index (χ2n) is 14.5. The van der Waals surface area contributed by atoms with E-state index in [-0.39, 0.29) is 18.6 Å². The van der Waals surface area contributed by atoms with Gasteiger partial charge in [-0.05, 0) is 93.5 Å². The van der Waals surface area contributed by atoms with E-state index in [1.807, 2.05) is 32.0 Å². The molecule has 0 saturated carbocycles. The summed E-state index contributed by atoms with van der Waals surface area (Å²) in [6, 6.07) is 8.40. The summed E-state index contributed by atoms with van der Waals surface area (Å²) in [5, 5.41) is 32.5. The van der Waals surface area contributed by atoms with Crippen molar-refractivity contribution >= 4 is 11.9 Å². The third-order valence-corrected chi connectivity index (χ3v) is 8.96. The standard InChI is InChI=1S/C35H59NO10/c1-20(27(38)24(5)37)19-35(9,42-12)30(22(3)28(39)23(4)31(40)46-34(6,7)8)45-33-29(26(36(10)11)18-21(2)43-33)44-32(41)25-16-14-13-15-17-25/h13-17,20-24,26-30,33,37-39H,18-19H2,1-12H3/t20-,21-,22+,23-,24?,26+,27+,28+,29-,30-,33?,35-/m1/s1. The average Bonchev–Trinajstić information content (AvgIpc) is 2.98. The van der Waals surface area contributed by atoms with Crippen LogP contribution in [0.1, 0.15) is 85.5 Å². The normalized spacial score (nSPS) is 26.6. The molecular weight excluding hydrogens is 594 g/mol. The number of aliphatic hydroxyl groups is 3. The van der Waals surface area contributed by atoms with E-state index in [9.17, 15) is 24.9 Å². The second-order valence-corrected chi connectivity index (χ2v) is 14.5. The highest BCUT2D eigenvalue weighted by atomic mass is 16.7. The topological polar surface area (TPSA) is 144 Å². The molecule has 0 bridgehead atoms. The summed E-state index contributed by atoms with van der Waals surface area (Å²) in [6.45, 7) is 15.6. The molecule has 1 fully saturated rings. The molecule has 0 spiro atoms. The maximum absolute atomic E-state index is 13.3. The van der Waals surface area contributed by atoms with Crippen LogP contribution in [0.3, 0.4) is 0 Å².